The summed E-state index contributed by atoms with van der Waals surface area (Å²) in [5.41, 5.74) is 0.640. The molecule has 0 fully saturated rings. The van der Waals surface area contributed by atoms with Crippen LogP contribution < -0.4 is 5.32 Å². The predicted octanol–water partition coefficient (Wildman–Crippen LogP) is -0.214. The Kier molecular flexibility index (Phi) is 5.73. The number of ether oxygens (including phenoxy) is 1. The summed E-state index contributed by atoms with van der Waals surface area (Å²) in [6.07, 6.45) is 1.53. The van der Waals surface area contributed by atoms with Gasteiger partial charge in [-0.2, -0.15) is 9.40 Å². The Hall–Kier alpha value is -0.960. The molecule has 0 radical (unpaired) electrons. The number of likely N-dealkylation sites (N-methyl/N-ethyl adjacent to an activating group) is 1. The van der Waals surface area contributed by atoms with Crippen molar-refractivity contribution in [3.05, 3.63) is 11.8 Å². The smallest absolute Gasteiger partial charge is 0.260 e. The van der Waals surface area contributed by atoms with E-state index in [1.165, 1.54) is 24.7 Å². The van der Waals surface area contributed by atoms with Gasteiger partial charge in [-0.3, -0.25) is 5.10 Å². The Morgan fingerprint density at radius 3 is 2.89 bits per heavy atom. The lowest BCUT2D eigenvalue weighted by molar-refractivity contribution is 0.185. The molecule has 104 valence electrons. The zero-order valence-electron chi connectivity index (χ0n) is 10.9. The monoisotopic (exact) mass is 276 g/mol. The summed E-state index contributed by atoms with van der Waals surface area (Å²) in [6, 6.07) is 0. The van der Waals surface area contributed by atoms with Crippen LogP contribution in [0.5, 0.6) is 0 Å². The fourth-order valence-corrected chi connectivity index (χ4v) is 2.65. The van der Waals surface area contributed by atoms with Gasteiger partial charge in [-0.25, -0.2) is 8.42 Å². The maximum atomic E-state index is 12.3. The molecule has 1 aromatic rings. The van der Waals surface area contributed by atoms with E-state index in [1.807, 2.05) is 6.92 Å². The van der Waals surface area contributed by atoms with Gasteiger partial charge >= 0.3 is 0 Å². The van der Waals surface area contributed by atoms with E-state index in [9.17, 15) is 8.42 Å². The summed E-state index contributed by atoms with van der Waals surface area (Å²) >= 11 is 0. The lowest BCUT2D eigenvalue weighted by Crippen LogP contribution is -2.31. The van der Waals surface area contributed by atoms with Crippen LogP contribution in [0.25, 0.3) is 0 Å². The van der Waals surface area contributed by atoms with E-state index in [4.69, 9.17) is 4.74 Å². The number of methoxy groups -OCH3 is 1. The molecule has 0 unspecified atom stereocenters. The van der Waals surface area contributed by atoms with Crippen LogP contribution in [0.1, 0.15) is 12.5 Å². The van der Waals surface area contributed by atoms with Gasteiger partial charge in [0.05, 0.1) is 12.8 Å². The van der Waals surface area contributed by atoms with Crippen molar-refractivity contribution in [2.75, 3.05) is 33.9 Å². The first-order valence-electron chi connectivity index (χ1n) is 5.72. The van der Waals surface area contributed by atoms with Gasteiger partial charge in [0.25, 0.3) is 10.0 Å². The van der Waals surface area contributed by atoms with Crippen molar-refractivity contribution in [1.29, 1.82) is 0 Å². The summed E-state index contributed by atoms with van der Waals surface area (Å²) < 4.78 is 30.6. The van der Waals surface area contributed by atoms with Crippen LogP contribution in [-0.4, -0.2) is 56.8 Å². The van der Waals surface area contributed by atoms with Crippen molar-refractivity contribution in [2.45, 2.75) is 18.5 Å². The standard InChI is InChI=1S/C10H20N4O3S/c1-4-11-7-9-8-12-13-10(9)18(15,16)14(2)5-6-17-3/h8,11H,4-7H2,1-3H3,(H,12,13). The fourth-order valence-electron chi connectivity index (χ4n) is 1.40. The number of hydrogen-bond donors (Lipinski definition) is 2. The minimum Gasteiger partial charge on any atom is -0.383 e. The van der Waals surface area contributed by atoms with Gasteiger partial charge in [-0.1, -0.05) is 6.92 Å². The Morgan fingerprint density at radius 2 is 2.28 bits per heavy atom. The van der Waals surface area contributed by atoms with E-state index in [1.54, 1.807) is 0 Å². The van der Waals surface area contributed by atoms with Crippen molar-refractivity contribution < 1.29 is 13.2 Å². The van der Waals surface area contributed by atoms with Crippen molar-refractivity contribution in [3.63, 3.8) is 0 Å². The third-order valence-electron chi connectivity index (χ3n) is 2.52. The summed E-state index contributed by atoms with van der Waals surface area (Å²) in [7, 11) is -0.479. The molecule has 2 N–H and O–H groups in total. The Morgan fingerprint density at radius 1 is 1.56 bits per heavy atom. The highest BCUT2D eigenvalue weighted by Crippen LogP contribution is 2.15. The normalized spacial score (nSPS) is 12.2. The summed E-state index contributed by atoms with van der Waals surface area (Å²) in [4.78, 5) is 0. The molecule has 1 aromatic heterocycles. The highest BCUT2D eigenvalue weighted by Gasteiger charge is 2.25. The third-order valence-corrected chi connectivity index (χ3v) is 4.39. The average Bonchev–Trinajstić information content (AvgIpc) is 2.82. The topological polar surface area (TPSA) is 87.3 Å². The molecule has 0 aliphatic rings. The van der Waals surface area contributed by atoms with Crippen molar-refractivity contribution in [1.82, 2.24) is 19.8 Å². The summed E-state index contributed by atoms with van der Waals surface area (Å²) in [6.45, 7) is 3.85. The molecule has 1 rings (SSSR count). The Bertz CT molecular complexity index is 457. The zero-order valence-corrected chi connectivity index (χ0v) is 11.7. The maximum absolute atomic E-state index is 12.3. The predicted molar refractivity (Wildman–Crippen MR) is 67.7 cm³/mol. The van der Waals surface area contributed by atoms with Crippen molar-refractivity contribution in [2.24, 2.45) is 0 Å². The van der Waals surface area contributed by atoms with Crippen LogP contribution in [0.4, 0.5) is 0 Å². The minimum absolute atomic E-state index is 0.141. The molecule has 0 aliphatic carbocycles. The first-order valence-corrected chi connectivity index (χ1v) is 7.16. The molecule has 0 saturated carbocycles. The van der Waals surface area contributed by atoms with Crippen LogP contribution in [0.15, 0.2) is 11.2 Å². The number of nitrogens with one attached hydrogen (secondary N) is 2. The van der Waals surface area contributed by atoms with Crippen molar-refractivity contribution >= 4 is 10.0 Å². The number of nitrogens with zero attached hydrogens (tertiary/aromatic N) is 2. The van der Waals surface area contributed by atoms with Gasteiger partial charge in [0.1, 0.15) is 0 Å². The largest absolute Gasteiger partial charge is 0.383 e. The van der Waals surface area contributed by atoms with Gasteiger partial charge < -0.3 is 10.1 Å². The zero-order chi connectivity index (χ0) is 13.6. The number of aromatic nitrogens is 2. The summed E-state index contributed by atoms with van der Waals surface area (Å²) in [5.74, 6) is 0. The molecule has 0 amide bonds. The number of sulfonamides is 1. The van der Waals surface area contributed by atoms with Crippen LogP contribution in [-0.2, 0) is 21.3 Å². The second-order valence-corrected chi connectivity index (χ2v) is 5.81. The van der Waals surface area contributed by atoms with Crippen LogP contribution in [0.2, 0.25) is 0 Å². The van der Waals surface area contributed by atoms with Crippen molar-refractivity contribution in [3.8, 4) is 0 Å². The van der Waals surface area contributed by atoms with E-state index in [0.717, 1.165) is 6.54 Å². The van der Waals surface area contributed by atoms with Gasteiger partial charge in [-0.05, 0) is 6.54 Å². The highest BCUT2D eigenvalue weighted by atomic mass is 32.2. The van der Waals surface area contributed by atoms with E-state index in [-0.39, 0.29) is 5.03 Å². The van der Waals surface area contributed by atoms with Crippen LogP contribution >= 0.6 is 0 Å². The number of aromatic amines is 1. The van der Waals surface area contributed by atoms with Gasteiger partial charge in [0.15, 0.2) is 5.03 Å². The van der Waals surface area contributed by atoms with Gasteiger partial charge in [-0.15, -0.1) is 0 Å². The molecule has 8 heteroatoms. The number of hydrogen-bond acceptors (Lipinski definition) is 5. The second kappa shape index (κ2) is 6.83. The molecule has 0 spiro atoms. The lowest BCUT2D eigenvalue weighted by Gasteiger charge is -2.16. The molecule has 0 atom stereocenters. The maximum Gasteiger partial charge on any atom is 0.260 e. The molecular formula is C10H20N4O3S. The summed E-state index contributed by atoms with van der Waals surface area (Å²) in [5, 5.41) is 9.57. The molecule has 0 aliphatic heterocycles. The first-order chi connectivity index (χ1) is 8.54. The van der Waals surface area contributed by atoms with Crippen LogP contribution in [0, 0.1) is 0 Å². The minimum atomic E-state index is -3.53. The van der Waals surface area contributed by atoms with Gasteiger partial charge in [0.2, 0.25) is 0 Å². The number of rotatable bonds is 8. The molecule has 0 saturated heterocycles. The lowest BCUT2D eigenvalue weighted by atomic mass is 10.3. The second-order valence-electron chi connectivity index (χ2n) is 3.82. The molecule has 0 bridgehead atoms. The van der Waals surface area contributed by atoms with E-state index < -0.39 is 10.0 Å². The average molecular weight is 276 g/mol. The molecule has 18 heavy (non-hydrogen) atoms. The fraction of sp³-hybridized carbons (Fsp3) is 0.700. The SMILES string of the molecule is CCNCc1cn[nH]c1S(=O)(=O)N(C)CCOC. The Balaban J connectivity index is 2.87. The van der Waals surface area contributed by atoms with Gasteiger partial charge in [0, 0.05) is 32.8 Å². The number of H-pyrrole nitrogens is 1. The third kappa shape index (κ3) is 3.52. The van der Waals surface area contributed by atoms with E-state index in [0.29, 0.717) is 25.3 Å². The molecule has 7 nitrogen and oxygen atoms in total. The quantitative estimate of drug-likeness (QED) is 0.686. The van der Waals surface area contributed by atoms with Crippen LogP contribution in [0.3, 0.4) is 0 Å². The Labute approximate surface area is 108 Å². The molecule has 1 heterocycles. The first kappa shape index (κ1) is 15.1. The molecule has 0 aromatic carbocycles. The highest BCUT2D eigenvalue weighted by molar-refractivity contribution is 7.89. The van der Waals surface area contributed by atoms with E-state index >= 15 is 0 Å². The molecular weight excluding hydrogens is 256 g/mol. The van der Waals surface area contributed by atoms with E-state index in [2.05, 4.69) is 15.5 Å².